The van der Waals surface area contributed by atoms with Gasteiger partial charge in [0.1, 0.15) is 10.5 Å². The van der Waals surface area contributed by atoms with Gasteiger partial charge in [0.15, 0.2) is 0 Å². The van der Waals surface area contributed by atoms with Gasteiger partial charge in [0.2, 0.25) is 0 Å². The van der Waals surface area contributed by atoms with Crippen LogP contribution in [0.5, 0.6) is 0 Å². The third kappa shape index (κ3) is 2.50. The maximum Gasteiger partial charge on any atom is 0.253 e. The van der Waals surface area contributed by atoms with Crippen molar-refractivity contribution in [1.82, 2.24) is 4.31 Å². The molecule has 0 amide bonds. The van der Waals surface area contributed by atoms with Crippen LogP contribution in [0.3, 0.4) is 0 Å². The lowest BCUT2D eigenvalue weighted by atomic mass is 10.1. The Balaban J connectivity index is 2.31. The van der Waals surface area contributed by atoms with Crippen molar-refractivity contribution in [3.8, 4) is 0 Å². The summed E-state index contributed by atoms with van der Waals surface area (Å²) in [6, 6.07) is 3.00. The molecule has 0 aliphatic carbocycles. The number of aldehydes is 1. The quantitative estimate of drug-likeness (QED) is 0.796. The molecule has 1 atom stereocenters. The average Bonchev–Trinajstić information content (AvgIpc) is 2.88. The lowest BCUT2D eigenvalue weighted by Gasteiger charge is -2.30. The summed E-state index contributed by atoms with van der Waals surface area (Å²) in [5.41, 5.74) is 0. The molecule has 0 N–H and O–H groups in total. The van der Waals surface area contributed by atoms with Crippen LogP contribution in [0.15, 0.2) is 16.3 Å². The largest absolute Gasteiger partial charge is 0.302 e. The molecule has 0 radical (unpaired) electrons. The van der Waals surface area contributed by atoms with Gasteiger partial charge < -0.3 is 4.79 Å². The summed E-state index contributed by atoms with van der Waals surface area (Å²) in [6.07, 6.45) is 3.97. The minimum absolute atomic E-state index is 0.355. The second-order valence-corrected chi connectivity index (χ2v) is 7.67. The van der Waals surface area contributed by atoms with E-state index in [1.165, 1.54) is 15.6 Å². The summed E-state index contributed by atoms with van der Waals surface area (Å²) in [7, 11) is -3.49. The molecule has 1 aliphatic heterocycles. The highest BCUT2D eigenvalue weighted by molar-refractivity contribution is 7.91. The number of thiophene rings is 1. The Morgan fingerprint density at radius 1 is 1.44 bits per heavy atom. The minimum Gasteiger partial charge on any atom is -0.302 e. The Morgan fingerprint density at radius 3 is 2.83 bits per heavy atom. The van der Waals surface area contributed by atoms with Crippen LogP contribution < -0.4 is 0 Å². The first-order valence-corrected chi connectivity index (χ1v) is 8.41. The first-order valence-electron chi connectivity index (χ1n) is 6.15. The van der Waals surface area contributed by atoms with Gasteiger partial charge in [-0.05, 0) is 31.4 Å². The van der Waals surface area contributed by atoms with Crippen LogP contribution in [0.2, 0.25) is 0 Å². The molecular weight excluding hydrogens is 270 g/mol. The van der Waals surface area contributed by atoms with Gasteiger partial charge in [-0.3, -0.25) is 0 Å². The van der Waals surface area contributed by atoms with Crippen molar-refractivity contribution in [3.63, 3.8) is 0 Å². The van der Waals surface area contributed by atoms with Crippen LogP contribution in [0.25, 0.3) is 0 Å². The van der Waals surface area contributed by atoms with E-state index in [1.807, 2.05) is 13.0 Å². The predicted octanol–water partition coefficient (Wildman–Crippen LogP) is 2.05. The highest BCUT2D eigenvalue weighted by atomic mass is 32.2. The van der Waals surface area contributed by atoms with Crippen molar-refractivity contribution >= 4 is 27.6 Å². The molecule has 18 heavy (non-hydrogen) atoms. The number of hydrogen-bond donors (Lipinski definition) is 0. The van der Waals surface area contributed by atoms with E-state index in [-0.39, 0.29) is 0 Å². The normalized spacial score (nSPS) is 21.9. The number of rotatable bonds is 4. The molecule has 1 saturated heterocycles. The summed E-state index contributed by atoms with van der Waals surface area (Å²) in [5.74, 6) is 0. The molecule has 1 aliphatic rings. The van der Waals surface area contributed by atoms with E-state index >= 15 is 0 Å². The fraction of sp³-hybridized carbons (Fsp3) is 0.583. The van der Waals surface area contributed by atoms with Crippen LogP contribution in [0.4, 0.5) is 0 Å². The Labute approximate surface area is 112 Å². The van der Waals surface area contributed by atoms with Crippen LogP contribution in [-0.4, -0.2) is 31.6 Å². The summed E-state index contributed by atoms with van der Waals surface area (Å²) in [4.78, 5) is 12.1. The highest BCUT2D eigenvalue weighted by Crippen LogP contribution is 2.29. The number of carbonyl (C=O) groups is 1. The molecule has 1 aromatic rings. The molecule has 0 saturated carbocycles. The summed E-state index contributed by atoms with van der Waals surface area (Å²) in [6.45, 7) is 2.45. The van der Waals surface area contributed by atoms with Crippen LogP contribution >= 0.6 is 11.3 Å². The Kier molecular flexibility index (Phi) is 4.19. The third-order valence-electron chi connectivity index (χ3n) is 3.20. The van der Waals surface area contributed by atoms with E-state index in [9.17, 15) is 13.2 Å². The van der Waals surface area contributed by atoms with Crippen molar-refractivity contribution in [3.05, 3.63) is 17.0 Å². The molecule has 6 heteroatoms. The monoisotopic (exact) mass is 287 g/mol. The molecule has 4 nitrogen and oxygen atoms in total. The first kappa shape index (κ1) is 13.7. The second kappa shape index (κ2) is 5.50. The van der Waals surface area contributed by atoms with E-state index in [4.69, 9.17) is 0 Å². The molecule has 1 aromatic heterocycles. The zero-order chi connectivity index (χ0) is 13.2. The molecule has 0 aromatic carbocycles. The van der Waals surface area contributed by atoms with Gasteiger partial charge in [-0.25, -0.2) is 8.42 Å². The first-order chi connectivity index (χ1) is 8.59. The molecule has 1 unspecified atom stereocenters. The molecule has 0 spiro atoms. The lowest BCUT2D eigenvalue weighted by molar-refractivity contribution is -0.111. The van der Waals surface area contributed by atoms with Gasteiger partial charge in [0.25, 0.3) is 10.0 Å². The van der Waals surface area contributed by atoms with Crippen molar-refractivity contribution in [1.29, 1.82) is 0 Å². The fourth-order valence-corrected chi connectivity index (χ4v) is 5.22. The van der Waals surface area contributed by atoms with Crippen molar-refractivity contribution < 1.29 is 13.2 Å². The maximum atomic E-state index is 12.5. The van der Waals surface area contributed by atoms with Crippen molar-refractivity contribution in [2.75, 3.05) is 6.54 Å². The number of piperidine rings is 1. The zero-order valence-corrected chi connectivity index (χ0v) is 12.0. The maximum absolute atomic E-state index is 12.5. The van der Waals surface area contributed by atoms with E-state index in [0.29, 0.717) is 17.2 Å². The SMILES string of the molecule is CCc1ccc(S(=O)(=O)N2CCCCC2C=O)s1. The molecule has 100 valence electrons. The van der Waals surface area contributed by atoms with Gasteiger partial charge in [-0.1, -0.05) is 13.3 Å². The summed E-state index contributed by atoms with van der Waals surface area (Å²) >= 11 is 1.30. The van der Waals surface area contributed by atoms with Gasteiger partial charge in [0.05, 0.1) is 6.04 Å². The Bertz CT molecular complexity index is 521. The summed E-state index contributed by atoms with van der Waals surface area (Å²) < 4.78 is 26.6. The van der Waals surface area contributed by atoms with Gasteiger partial charge in [-0.2, -0.15) is 4.31 Å². The number of carbonyl (C=O) groups excluding carboxylic acids is 1. The Morgan fingerprint density at radius 2 is 2.22 bits per heavy atom. The van der Waals surface area contributed by atoms with E-state index < -0.39 is 16.1 Å². The second-order valence-electron chi connectivity index (χ2n) is 4.39. The number of hydrogen-bond acceptors (Lipinski definition) is 4. The van der Waals surface area contributed by atoms with Crippen molar-refractivity contribution in [2.24, 2.45) is 0 Å². The lowest BCUT2D eigenvalue weighted by Crippen LogP contribution is -2.44. The smallest absolute Gasteiger partial charge is 0.253 e. The van der Waals surface area contributed by atoms with Gasteiger partial charge in [0, 0.05) is 11.4 Å². The fourth-order valence-electron chi connectivity index (χ4n) is 2.17. The molecule has 2 heterocycles. The predicted molar refractivity (Wildman–Crippen MR) is 71.3 cm³/mol. The molecule has 2 rings (SSSR count). The third-order valence-corrected chi connectivity index (χ3v) is 6.83. The standard InChI is InChI=1S/C12H17NO3S2/c1-2-11-6-7-12(17-11)18(15,16)13-8-4-3-5-10(13)9-14/h6-7,9-10H,2-5,8H2,1H3. The van der Waals surface area contributed by atoms with E-state index in [2.05, 4.69) is 0 Å². The average molecular weight is 287 g/mol. The van der Waals surface area contributed by atoms with Crippen LogP contribution in [0, 0.1) is 0 Å². The molecule has 1 fully saturated rings. The molecule has 0 bridgehead atoms. The van der Waals surface area contributed by atoms with E-state index in [0.717, 1.165) is 30.4 Å². The topological polar surface area (TPSA) is 54.5 Å². The van der Waals surface area contributed by atoms with Crippen molar-refractivity contribution in [2.45, 2.75) is 42.9 Å². The van der Waals surface area contributed by atoms with Crippen LogP contribution in [-0.2, 0) is 21.2 Å². The van der Waals surface area contributed by atoms with Gasteiger partial charge >= 0.3 is 0 Å². The van der Waals surface area contributed by atoms with Crippen LogP contribution in [0.1, 0.15) is 31.1 Å². The van der Waals surface area contributed by atoms with E-state index in [1.54, 1.807) is 6.07 Å². The Hall–Kier alpha value is -0.720. The molecular formula is C12H17NO3S2. The minimum atomic E-state index is -3.49. The number of aryl methyl sites for hydroxylation is 1. The number of sulfonamides is 1. The number of nitrogens with zero attached hydrogens (tertiary/aromatic N) is 1. The van der Waals surface area contributed by atoms with Gasteiger partial charge in [-0.15, -0.1) is 11.3 Å². The summed E-state index contributed by atoms with van der Waals surface area (Å²) in [5, 5.41) is 0. The highest BCUT2D eigenvalue weighted by Gasteiger charge is 2.34. The zero-order valence-electron chi connectivity index (χ0n) is 10.3.